The summed E-state index contributed by atoms with van der Waals surface area (Å²) in [5.74, 6) is -0.681. The minimum atomic E-state index is -4.44. The van der Waals surface area contributed by atoms with E-state index in [4.69, 9.17) is 0 Å². The number of carbonyl (C=O) groups is 2. The Morgan fingerprint density at radius 3 is 2.11 bits per heavy atom. The van der Waals surface area contributed by atoms with Crippen LogP contribution in [0.15, 0.2) is 24.3 Å². The Bertz CT molecular complexity index is 468. The molecule has 0 aliphatic rings. The van der Waals surface area contributed by atoms with Crippen LogP contribution in [0.4, 0.5) is 13.2 Å². The van der Waals surface area contributed by atoms with Crippen LogP contribution in [0.25, 0.3) is 0 Å². The fourth-order valence-corrected chi connectivity index (χ4v) is 2.19. The summed E-state index contributed by atoms with van der Waals surface area (Å²) < 4.78 is 41.7. The summed E-state index contributed by atoms with van der Waals surface area (Å²) >= 11 is 0.704. The molecule has 0 heterocycles. The highest BCUT2D eigenvalue weighted by Gasteiger charge is 2.31. The molecule has 0 spiro atoms. The number of halogens is 3. The molecule has 1 atom stereocenters. The number of thioether (sulfide) groups is 1. The average Bonchev–Trinajstić information content (AvgIpc) is 2.34. The van der Waals surface area contributed by atoms with Crippen molar-refractivity contribution in [1.29, 1.82) is 0 Å². The fourth-order valence-electron chi connectivity index (χ4n) is 1.37. The van der Waals surface area contributed by atoms with E-state index in [2.05, 4.69) is 4.74 Å². The molecule has 0 saturated heterocycles. The molecule has 0 bridgehead atoms. The first-order valence-electron chi connectivity index (χ1n) is 5.18. The van der Waals surface area contributed by atoms with Crippen molar-refractivity contribution in [1.82, 2.24) is 0 Å². The van der Waals surface area contributed by atoms with Gasteiger partial charge in [0.25, 0.3) is 0 Å². The van der Waals surface area contributed by atoms with E-state index >= 15 is 0 Å². The minimum Gasteiger partial charge on any atom is -0.468 e. The van der Waals surface area contributed by atoms with Gasteiger partial charge in [0.2, 0.25) is 0 Å². The summed E-state index contributed by atoms with van der Waals surface area (Å²) in [6.45, 7) is 1.27. The largest absolute Gasteiger partial charge is 0.468 e. The fraction of sp³-hybridized carbons (Fsp3) is 0.333. The molecule has 0 N–H and O–H groups in total. The molecule has 1 rings (SSSR count). The maximum Gasteiger partial charge on any atom is 0.416 e. The van der Waals surface area contributed by atoms with Gasteiger partial charge in [-0.15, -0.1) is 0 Å². The van der Waals surface area contributed by atoms with Crippen LogP contribution in [0.2, 0.25) is 0 Å². The minimum absolute atomic E-state index is 0.292. The number of carbonyl (C=O) groups excluding carboxylic acids is 2. The van der Waals surface area contributed by atoms with Gasteiger partial charge in [0.15, 0.2) is 5.12 Å². The highest BCUT2D eigenvalue weighted by atomic mass is 32.2. The molecule has 0 amide bonds. The number of hydrogen-bond donors (Lipinski definition) is 0. The zero-order valence-electron chi connectivity index (χ0n) is 10.2. The van der Waals surface area contributed by atoms with E-state index in [0.717, 1.165) is 19.2 Å². The molecular weight excluding hydrogens is 281 g/mol. The van der Waals surface area contributed by atoms with Crippen molar-refractivity contribution in [3.05, 3.63) is 35.4 Å². The van der Waals surface area contributed by atoms with Crippen LogP contribution in [0.5, 0.6) is 0 Å². The third-order valence-corrected chi connectivity index (χ3v) is 3.27. The monoisotopic (exact) mass is 292 g/mol. The predicted molar refractivity (Wildman–Crippen MR) is 64.5 cm³/mol. The van der Waals surface area contributed by atoms with Crippen LogP contribution in [0.1, 0.15) is 23.3 Å². The van der Waals surface area contributed by atoms with Crippen LogP contribution in [0, 0.1) is 0 Å². The van der Waals surface area contributed by atoms with Crippen LogP contribution in [-0.4, -0.2) is 18.2 Å². The Labute approximate surface area is 112 Å². The molecule has 0 aliphatic heterocycles. The Kier molecular flexibility index (Phi) is 4.99. The number of esters is 1. The van der Waals surface area contributed by atoms with Gasteiger partial charge in [-0.3, -0.25) is 9.59 Å². The Hall–Kier alpha value is -1.50. The topological polar surface area (TPSA) is 43.4 Å². The quantitative estimate of drug-likeness (QED) is 0.802. The molecular formula is C12H11F3O3S. The Morgan fingerprint density at radius 1 is 1.21 bits per heavy atom. The molecule has 7 heteroatoms. The van der Waals surface area contributed by atoms with E-state index in [1.807, 2.05) is 0 Å². The van der Waals surface area contributed by atoms with Gasteiger partial charge < -0.3 is 4.74 Å². The maximum atomic E-state index is 12.4. The van der Waals surface area contributed by atoms with E-state index in [9.17, 15) is 22.8 Å². The summed E-state index contributed by atoms with van der Waals surface area (Å²) in [4.78, 5) is 22.6. The van der Waals surface area contributed by atoms with Crippen LogP contribution >= 0.6 is 11.8 Å². The van der Waals surface area contributed by atoms with Crippen molar-refractivity contribution in [2.24, 2.45) is 0 Å². The first kappa shape index (κ1) is 15.6. The lowest BCUT2D eigenvalue weighted by Gasteiger charge is -2.14. The molecule has 0 aliphatic carbocycles. The second-order valence-electron chi connectivity index (χ2n) is 3.63. The first-order valence-corrected chi connectivity index (χ1v) is 6.06. The zero-order valence-corrected chi connectivity index (χ0v) is 11.0. The van der Waals surface area contributed by atoms with Gasteiger partial charge in [-0.1, -0.05) is 23.9 Å². The molecule has 19 heavy (non-hydrogen) atoms. The first-order chi connectivity index (χ1) is 8.75. The SMILES string of the molecule is COC(=O)C(SC(C)=O)c1ccc(C(F)(F)F)cc1. The molecule has 104 valence electrons. The molecule has 0 fully saturated rings. The highest BCUT2D eigenvalue weighted by molar-refractivity contribution is 8.14. The van der Waals surface area contributed by atoms with Gasteiger partial charge in [0.1, 0.15) is 5.25 Å². The third kappa shape index (κ3) is 4.27. The lowest BCUT2D eigenvalue weighted by atomic mass is 10.1. The van der Waals surface area contributed by atoms with Crippen LogP contribution in [0.3, 0.4) is 0 Å². The molecule has 3 nitrogen and oxygen atoms in total. The van der Waals surface area contributed by atoms with E-state index in [1.165, 1.54) is 19.1 Å². The Morgan fingerprint density at radius 2 is 1.74 bits per heavy atom. The van der Waals surface area contributed by atoms with Gasteiger partial charge in [0, 0.05) is 6.92 Å². The van der Waals surface area contributed by atoms with E-state index < -0.39 is 23.0 Å². The molecule has 0 saturated carbocycles. The van der Waals surface area contributed by atoms with Gasteiger partial charge in [-0.05, 0) is 17.7 Å². The molecule has 1 unspecified atom stereocenters. The standard InChI is InChI=1S/C12H11F3O3S/c1-7(16)19-10(11(17)18-2)8-3-5-9(6-4-8)12(13,14)15/h3-6,10H,1-2H3. The van der Waals surface area contributed by atoms with E-state index in [0.29, 0.717) is 17.3 Å². The number of benzene rings is 1. The summed E-state index contributed by atoms with van der Waals surface area (Å²) in [5, 5.41) is -1.28. The van der Waals surface area contributed by atoms with Crippen molar-refractivity contribution < 1.29 is 27.5 Å². The summed E-state index contributed by atoms with van der Waals surface area (Å²) in [7, 11) is 1.15. The lowest BCUT2D eigenvalue weighted by Crippen LogP contribution is -2.13. The maximum absolute atomic E-state index is 12.4. The van der Waals surface area contributed by atoms with E-state index in [1.54, 1.807) is 0 Å². The molecule has 0 aromatic heterocycles. The van der Waals surface area contributed by atoms with Crippen molar-refractivity contribution in [2.75, 3.05) is 7.11 Å². The summed E-state index contributed by atoms with van der Waals surface area (Å²) in [5.41, 5.74) is -0.521. The van der Waals surface area contributed by atoms with Crippen LogP contribution < -0.4 is 0 Å². The number of methoxy groups -OCH3 is 1. The Balaban J connectivity index is 3.04. The second-order valence-corrected chi connectivity index (χ2v) is 4.91. The second kappa shape index (κ2) is 6.10. The molecule has 0 radical (unpaired) electrons. The van der Waals surface area contributed by atoms with Crippen molar-refractivity contribution in [2.45, 2.75) is 18.3 Å². The predicted octanol–water partition coefficient (Wildman–Crippen LogP) is 3.20. The normalized spacial score (nSPS) is 12.9. The van der Waals surface area contributed by atoms with Gasteiger partial charge in [-0.2, -0.15) is 13.2 Å². The van der Waals surface area contributed by atoms with E-state index in [-0.39, 0.29) is 5.12 Å². The van der Waals surface area contributed by atoms with Gasteiger partial charge >= 0.3 is 12.1 Å². The van der Waals surface area contributed by atoms with Crippen molar-refractivity contribution in [3.63, 3.8) is 0 Å². The van der Waals surface area contributed by atoms with Crippen molar-refractivity contribution in [3.8, 4) is 0 Å². The lowest BCUT2D eigenvalue weighted by molar-refractivity contribution is -0.140. The molecule has 1 aromatic rings. The highest BCUT2D eigenvalue weighted by Crippen LogP contribution is 2.34. The van der Waals surface area contributed by atoms with Gasteiger partial charge in [0.05, 0.1) is 12.7 Å². The van der Waals surface area contributed by atoms with Crippen LogP contribution in [-0.2, 0) is 20.5 Å². The number of alkyl halides is 3. The summed E-state index contributed by atoms with van der Waals surface area (Å²) in [6, 6.07) is 4.07. The van der Waals surface area contributed by atoms with Crippen molar-refractivity contribution >= 4 is 22.8 Å². The number of ether oxygens (including phenoxy) is 1. The van der Waals surface area contributed by atoms with Gasteiger partial charge in [-0.25, -0.2) is 0 Å². The molecule has 1 aromatic carbocycles. The number of hydrogen-bond acceptors (Lipinski definition) is 4. The third-order valence-electron chi connectivity index (χ3n) is 2.24. The smallest absolute Gasteiger partial charge is 0.416 e. The summed E-state index contributed by atoms with van der Waals surface area (Å²) in [6.07, 6.45) is -4.44. The average molecular weight is 292 g/mol. The number of rotatable bonds is 3. The zero-order chi connectivity index (χ0) is 14.6.